The van der Waals surface area contributed by atoms with Gasteiger partial charge in [0.1, 0.15) is 0 Å². The Morgan fingerprint density at radius 2 is 1.02 bits per heavy atom. The monoisotopic (exact) mass is 723 g/mol. The molecule has 0 radical (unpaired) electrons. The number of hydrogen-bond acceptors (Lipinski definition) is 2. The molecule has 258 valence electrons. The van der Waals surface area contributed by atoms with Gasteiger partial charge in [0.2, 0.25) is 0 Å². The molecule has 2 heterocycles. The summed E-state index contributed by atoms with van der Waals surface area (Å²) in [5, 5.41) is 7.30. The SMILES string of the molecule is [2H]c1c([2H])c([2H])c(-c2ccc(N(c3ccc(-c4ccc5c6ccc7ccccc7c6n(-c6ccccc6)c5c4)cc3)c3ccc4c(c3)sc3ccccc34)cc2)c([2H])c1[2H]. The van der Waals surface area contributed by atoms with Crippen molar-refractivity contribution in [3.05, 3.63) is 206 Å². The Morgan fingerprint density at radius 1 is 0.418 bits per heavy atom. The van der Waals surface area contributed by atoms with Crippen LogP contribution in [0.25, 0.3) is 80.7 Å². The van der Waals surface area contributed by atoms with Crippen LogP contribution in [0, 0.1) is 0 Å². The molecule has 0 aliphatic heterocycles. The highest BCUT2D eigenvalue weighted by Gasteiger charge is 2.18. The standard InChI is InChI=1S/C52H34N2S/c1-3-11-35(12-4-1)36-19-25-41(26-20-36)53(43-29-32-47-46-17-9-10-18-50(46)55-51(47)34-43)42-27-21-37(22-28-42)39-24-30-45-48-31-23-38-13-7-8-16-44(38)52(48)54(49(45)33-39)40-14-5-2-6-15-40/h1-34H/i1D,3D,4D,11D,12D. The van der Waals surface area contributed by atoms with Crippen molar-refractivity contribution in [3.8, 4) is 27.9 Å². The number of fused-ring (bicyclic) bond motifs is 8. The number of hydrogen-bond donors (Lipinski definition) is 0. The summed E-state index contributed by atoms with van der Waals surface area (Å²) in [5.74, 6) is 0. The van der Waals surface area contributed by atoms with E-state index in [2.05, 4.69) is 161 Å². The van der Waals surface area contributed by atoms with E-state index in [9.17, 15) is 0 Å². The van der Waals surface area contributed by atoms with Crippen molar-refractivity contribution < 1.29 is 6.85 Å². The number of rotatable bonds is 6. The van der Waals surface area contributed by atoms with E-state index >= 15 is 0 Å². The molecule has 9 aromatic carbocycles. The van der Waals surface area contributed by atoms with Gasteiger partial charge < -0.3 is 9.47 Å². The molecule has 2 aromatic heterocycles. The van der Waals surface area contributed by atoms with E-state index in [0.717, 1.165) is 39.4 Å². The predicted octanol–water partition coefficient (Wildman–Crippen LogP) is 15.1. The Morgan fingerprint density at radius 3 is 1.80 bits per heavy atom. The van der Waals surface area contributed by atoms with Gasteiger partial charge in [-0.3, -0.25) is 0 Å². The number of benzene rings is 9. The minimum absolute atomic E-state index is 0.187. The van der Waals surface area contributed by atoms with Gasteiger partial charge in [-0.25, -0.2) is 0 Å². The van der Waals surface area contributed by atoms with Gasteiger partial charge in [0.05, 0.1) is 17.9 Å². The smallest absolute Gasteiger partial charge is 0.0629 e. The summed E-state index contributed by atoms with van der Waals surface area (Å²) < 4.78 is 46.5. The van der Waals surface area contributed by atoms with Crippen LogP contribution in [-0.2, 0) is 0 Å². The summed E-state index contributed by atoms with van der Waals surface area (Å²) in [4.78, 5) is 2.21. The second kappa shape index (κ2) is 12.9. The molecule has 55 heavy (non-hydrogen) atoms. The first-order valence-electron chi connectivity index (χ1n) is 20.8. The van der Waals surface area contributed by atoms with Gasteiger partial charge in [-0.2, -0.15) is 0 Å². The molecule has 0 atom stereocenters. The van der Waals surface area contributed by atoms with Crippen molar-refractivity contribution in [2.75, 3.05) is 4.90 Å². The van der Waals surface area contributed by atoms with E-state index < -0.39 is 6.04 Å². The molecule has 11 aromatic rings. The van der Waals surface area contributed by atoms with Gasteiger partial charge in [0.15, 0.2) is 0 Å². The van der Waals surface area contributed by atoms with E-state index in [1.807, 2.05) is 24.3 Å². The van der Waals surface area contributed by atoms with Crippen molar-refractivity contribution in [2.45, 2.75) is 0 Å². The van der Waals surface area contributed by atoms with Crippen LogP contribution in [0.5, 0.6) is 0 Å². The molecule has 3 heteroatoms. The second-order valence-corrected chi connectivity index (χ2v) is 14.9. The predicted molar refractivity (Wildman–Crippen MR) is 237 cm³/mol. The Hall–Kier alpha value is -6.94. The minimum Gasteiger partial charge on any atom is -0.310 e. The fraction of sp³-hybridized carbons (Fsp3) is 0. The van der Waals surface area contributed by atoms with Crippen LogP contribution in [-0.4, -0.2) is 4.57 Å². The molecule has 0 spiro atoms. The van der Waals surface area contributed by atoms with Gasteiger partial charge in [-0.05, 0) is 88.3 Å². The first-order valence-corrected chi connectivity index (χ1v) is 19.2. The summed E-state index contributed by atoms with van der Waals surface area (Å²) >= 11 is 1.77. The fourth-order valence-electron chi connectivity index (χ4n) is 8.08. The number of nitrogens with zero attached hydrogens (tertiary/aromatic N) is 2. The van der Waals surface area contributed by atoms with Crippen molar-refractivity contribution in [3.63, 3.8) is 0 Å². The van der Waals surface area contributed by atoms with E-state index in [4.69, 9.17) is 6.85 Å². The number of thiophene rings is 1. The molecule has 0 N–H and O–H groups in total. The molecule has 2 nitrogen and oxygen atoms in total. The molecule has 0 unspecified atom stereocenters. The van der Waals surface area contributed by atoms with Crippen LogP contribution < -0.4 is 4.90 Å². The average molecular weight is 724 g/mol. The highest BCUT2D eigenvalue weighted by molar-refractivity contribution is 7.25. The van der Waals surface area contributed by atoms with Gasteiger partial charge >= 0.3 is 0 Å². The maximum absolute atomic E-state index is 8.57. The third kappa shape index (κ3) is 5.32. The molecular weight excluding hydrogens is 685 g/mol. The third-order valence-electron chi connectivity index (χ3n) is 10.7. The molecule has 0 amide bonds. The van der Waals surface area contributed by atoms with Crippen molar-refractivity contribution in [1.29, 1.82) is 0 Å². The van der Waals surface area contributed by atoms with E-state index in [0.29, 0.717) is 5.56 Å². The lowest BCUT2D eigenvalue weighted by molar-refractivity contribution is 1.19. The lowest BCUT2D eigenvalue weighted by Crippen LogP contribution is -2.09. The van der Waals surface area contributed by atoms with Gasteiger partial charge in [-0.1, -0.05) is 145 Å². The van der Waals surface area contributed by atoms with E-state index in [1.54, 1.807) is 11.3 Å². The zero-order valence-electron chi connectivity index (χ0n) is 34.5. The Bertz CT molecular complexity index is 3450. The van der Waals surface area contributed by atoms with Crippen LogP contribution in [0.2, 0.25) is 0 Å². The molecule has 0 saturated carbocycles. The topological polar surface area (TPSA) is 8.17 Å². The number of anilines is 3. The lowest BCUT2D eigenvalue weighted by Gasteiger charge is -2.26. The maximum atomic E-state index is 8.57. The average Bonchev–Trinajstić information content (AvgIpc) is 3.84. The second-order valence-electron chi connectivity index (χ2n) is 13.8. The van der Waals surface area contributed by atoms with Crippen molar-refractivity contribution in [1.82, 2.24) is 4.57 Å². The summed E-state index contributed by atoms with van der Waals surface area (Å²) in [7, 11) is 0. The van der Waals surface area contributed by atoms with Crippen molar-refractivity contribution >= 4 is 81.1 Å². The lowest BCUT2D eigenvalue weighted by atomic mass is 10.0. The Kier molecular flexibility index (Phi) is 6.27. The van der Waals surface area contributed by atoms with Gasteiger partial charge in [0.25, 0.3) is 0 Å². The quantitative estimate of drug-likeness (QED) is 0.166. The number of aromatic nitrogens is 1. The Labute approximate surface area is 330 Å². The minimum atomic E-state index is -0.399. The van der Waals surface area contributed by atoms with Crippen LogP contribution in [0.4, 0.5) is 17.1 Å². The third-order valence-corrected chi connectivity index (χ3v) is 11.8. The summed E-state index contributed by atoms with van der Waals surface area (Å²) in [6.07, 6.45) is 0. The molecule has 0 bridgehead atoms. The normalized spacial score (nSPS) is 12.9. The van der Waals surface area contributed by atoms with Crippen molar-refractivity contribution in [2.24, 2.45) is 0 Å². The molecule has 0 aliphatic rings. The largest absolute Gasteiger partial charge is 0.310 e. The van der Waals surface area contributed by atoms with Crippen LogP contribution in [0.1, 0.15) is 6.85 Å². The van der Waals surface area contributed by atoms with Crippen LogP contribution in [0.15, 0.2) is 206 Å². The Balaban J connectivity index is 1.04. The van der Waals surface area contributed by atoms with Gasteiger partial charge in [-0.15, -0.1) is 11.3 Å². The fourth-order valence-corrected chi connectivity index (χ4v) is 9.22. The highest BCUT2D eigenvalue weighted by Crippen LogP contribution is 2.42. The molecule has 11 rings (SSSR count). The van der Waals surface area contributed by atoms with Gasteiger partial charge in [0, 0.05) is 59.1 Å². The van der Waals surface area contributed by atoms with E-state index in [-0.39, 0.29) is 29.7 Å². The molecule has 0 aliphatic carbocycles. The first-order chi connectivity index (χ1) is 29.3. The van der Waals surface area contributed by atoms with Crippen LogP contribution >= 0.6 is 11.3 Å². The number of para-hydroxylation sites is 1. The maximum Gasteiger partial charge on any atom is 0.0629 e. The zero-order valence-corrected chi connectivity index (χ0v) is 30.4. The summed E-state index contributed by atoms with van der Waals surface area (Å²) in [5.41, 5.74) is 9.22. The molecule has 0 saturated heterocycles. The summed E-state index contributed by atoms with van der Waals surface area (Å²) in [6.45, 7) is 0. The molecule has 0 fully saturated rings. The van der Waals surface area contributed by atoms with E-state index in [1.165, 1.54) is 47.2 Å². The van der Waals surface area contributed by atoms with Crippen LogP contribution in [0.3, 0.4) is 0 Å². The molecular formula is C52H34N2S. The zero-order chi connectivity index (χ0) is 40.6. The first kappa shape index (κ1) is 26.8. The highest BCUT2D eigenvalue weighted by atomic mass is 32.1. The summed E-state index contributed by atoms with van der Waals surface area (Å²) in [6, 6.07) is 60.2.